The normalized spacial score (nSPS) is 12.1. The minimum atomic E-state index is 1.01. The van der Waals surface area contributed by atoms with Crippen molar-refractivity contribution in [2.45, 2.75) is 13.3 Å². The third-order valence-electron chi connectivity index (χ3n) is 1.00. The van der Waals surface area contributed by atoms with Crippen LogP contribution >= 0.6 is 0 Å². The topological polar surface area (TPSA) is 0 Å². The average molecular weight is 134 g/mol. The van der Waals surface area contributed by atoms with Gasteiger partial charge in [-0.1, -0.05) is 49.1 Å². The summed E-state index contributed by atoms with van der Waals surface area (Å²) in [5.74, 6) is 0. The Labute approximate surface area is 63.3 Å². The fraction of sp³-hybridized carbons (Fsp3) is 0.200. The molecule has 0 spiro atoms. The average Bonchev–Trinajstić information content (AvgIpc) is 1.97. The van der Waals surface area contributed by atoms with Gasteiger partial charge < -0.3 is 0 Å². The van der Waals surface area contributed by atoms with Crippen molar-refractivity contribution in [2.24, 2.45) is 0 Å². The van der Waals surface area contributed by atoms with Gasteiger partial charge in [0.15, 0.2) is 0 Å². The molecule has 0 bridgehead atoms. The lowest BCUT2D eigenvalue weighted by atomic mass is 10.3. The van der Waals surface area contributed by atoms with Crippen molar-refractivity contribution in [1.82, 2.24) is 0 Å². The van der Waals surface area contributed by atoms with Crippen LogP contribution in [0.5, 0.6) is 0 Å². The monoisotopic (exact) mass is 134 g/mol. The lowest BCUT2D eigenvalue weighted by Crippen LogP contribution is -1.55. The predicted octanol–water partition coefficient (Wildman–Crippen LogP) is 3.25. The molecule has 0 radical (unpaired) electrons. The summed E-state index contributed by atoms with van der Waals surface area (Å²) in [5.41, 5.74) is 0. The van der Waals surface area contributed by atoms with Gasteiger partial charge in [-0.15, -0.1) is 0 Å². The van der Waals surface area contributed by atoms with Gasteiger partial charge in [0.1, 0.15) is 0 Å². The molecular weight excluding hydrogens is 120 g/mol. The molecule has 0 nitrogen and oxygen atoms in total. The third kappa shape index (κ3) is 6.96. The molecule has 0 N–H and O–H groups in total. The maximum Gasteiger partial charge on any atom is -0.0166 e. The van der Waals surface area contributed by atoms with Crippen molar-refractivity contribution in [3.05, 3.63) is 49.1 Å². The summed E-state index contributed by atoms with van der Waals surface area (Å²) >= 11 is 0. The second-order valence-electron chi connectivity index (χ2n) is 1.85. The van der Waals surface area contributed by atoms with Crippen LogP contribution in [0.1, 0.15) is 13.3 Å². The van der Waals surface area contributed by atoms with Crippen LogP contribution in [0.15, 0.2) is 49.1 Å². The summed E-state index contributed by atoms with van der Waals surface area (Å²) < 4.78 is 0. The van der Waals surface area contributed by atoms with Gasteiger partial charge in [-0.2, -0.15) is 0 Å². The zero-order valence-electron chi connectivity index (χ0n) is 6.46. The van der Waals surface area contributed by atoms with Gasteiger partial charge in [0.25, 0.3) is 0 Å². The highest BCUT2D eigenvalue weighted by Crippen LogP contribution is 1.86. The molecule has 0 unspecified atom stereocenters. The van der Waals surface area contributed by atoms with Gasteiger partial charge in [-0.05, 0) is 13.3 Å². The molecule has 0 heterocycles. The van der Waals surface area contributed by atoms with Gasteiger partial charge in [0, 0.05) is 0 Å². The minimum absolute atomic E-state index is 1.01. The molecule has 0 aromatic carbocycles. The van der Waals surface area contributed by atoms with Crippen molar-refractivity contribution < 1.29 is 0 Å². The van der Waals surface area contributed by atoms with Crippen LogP contribution in [0.2, 0.25) is 0 Å². The first-order chi connectivity index (χ1) is 4.91. The minimum Gasteiger partial charge on any atom is -0.0991 e. The first-order valence-corrected chi connectivity index (χ1v) is 3.47. The summed E-state index contributed by atoms with van der Waals surface area (Å²) in [4.78, 5) is 0. The molecule has 0 aliphatic carbocycles. The van der Waals surface area contributed by atoms with Crippen molar-refractivity contribution in [3.63, 3.8) is 0 Å². The number of hydrogen-bond acceptors (Lipinski definition) is 0. The second kappa shape index (κ2) is 7.96. The van der Waals surface area contributed by atoms with Crippen LogP contribution in [0.4, 0.5) is 0 Å². The zero-order valence-corrected chi connectivity index (χ0v) is 6.46. The van der Waals surface area contributed by atoms with Gasteiger partial charge in [-0.3, -0.25) is 0 Å². The molecule has 0 aromatic rings. The molecule has 0 aliphatic heterocycles. The van der Waals surface area contributed by atoms with Crippen LogP contribution in [0, 0.1) is 0 Å². The summed E-state index contributed by atoms with van der Waals surface area (Å²) in [6.45, 7) is 5.58. The predicted molar refractivity (Wildman–Crippen MR) is 47.9 cm³/mol. The molecule has 0 aromatic heterocycles. The maximum absolute atomic E-state index is 3.56. The lowest BCUT2D eigenvalue weighted by Gasteiger charge is -1.76. The van der Waals surface area contributed by atoms with E-state index < -0.39 is 0 Å². The highest BCUT2D eigenvalue weighted by Gasteiger charge is 1.64. The molecule has 0 saturated carbocycles. The van der Waals surface area contributed by atoms with E-state index in [9.17, 15) is 0 Å². The van der Waals surface area contributed by atoms with Crippen LogP contribution in [-0.2, 0) is 0 Å². The number of rotatable bonds is 4. The molecule has 0 saturated heterocycles. The smallest absolute Gasteiger partial charge is 0.0166 e. The Morgan fingerprint density at radius 1 is 1.10 bits per heavy atom. The van der Waals surface area contributed by atoms with E-state index in [1.54, 1.807) is 6.08 Å². The standard InChI is InChI=1S/C10H14/c1-3-5-7-9-10-8-6-4-2/h3-7,9-10H,1,8H2,2H3/b6-4-,7-5+,10-9?. The Morgan fingerprint density at radius 2 is 1.90 bits per heavy atom. The van der Waals surface area contributed by atoms with Gasteiger partial charge in [0.2, 0.25) is 0 Å². The highest BCUT2D eigenvalue weighted by atomic mass is 13.7. The van der Waals surface area contributed by atoms with Crippen molar-refractivity contribution in [3.8, 4) is 0 Å². The van der Waals surface area contributed by atoms with E-state index in [-0.39, 0.29) is 0 Å². The first kappa shape index (κ1) is 8.96. The van der Waals surface area contributed by atoms with Crippen molar-refractivity contribution in [2.75, 3.05) is 0 Å². The fourth-order valence-corrected chi connectivity index (χ4v) is 0.515. The van der Waals surface area contributed by atoms with Crippen LogP contribution in [-0.4, -0.2) is 0 Å². The quantitative estimate of drug-likeness (QED) is 0.409. The number of allylic oxidation sites excluding steroid dienone is 7. The van der Waals surface area contributed by atoms with Gasteiger partial charge in [-0.25, -0.2) is 0 Å². The van der Waals surface area contributed by atoms with Crippen LogP contribution in [0.25, 0.3) is 0 Å². The molecule has 54 valence electrons. The molecule has 0 heteroatoms. The van der Waals surface area contributed by atoms with E-state index in [1.807, 2.05) is 31.2 Å². The van der Waals surface area contributed by atoms with Gasteiger partial charge >= 0.3 is 0 Å². The number of hydrogen-bond donors (Lipinski definition) is 0. The van der Waals surface area contributed by atoms with E-state index >= 15 is 0 Å². The molecule has 0 rings (SSSR count). The Balaban J connectivity index is 3.37. The first-order valence-electron chi connectivity index (χ1n) is 3.47. The second-order valence-corrected chi connectivity index (χ2v) is 1.85. The molecule has 0 fully saturated rings. The Kier molecular flexibility index (Phi) is 7.13. The summed E-state index contributed by atoms with van der Waals surface area (Å²) in [5, 5.41) is 0. The molecule has 0 aliphatic rings. The Bertz CT molecular complexity index is 147. The third-order valence-corrected chi connectivity index (χ3v) is 1.00. The Hall–Kier alpha value is -1.04. The van der Waals surface area contributed by atoms with Crippen LogP contribution in [0.3, 0.4) is 0 Å². The Morgan fingerprint density at radius 3 is 2.50 bits per heavy atom. The zero-order chi connectivity index (χ0) is 7.66. The highest BCUT2D eigenvalue weighted by molar-refractivity contribution is 5.09. The molecule has 0 amide bonds. The summed E-state index contributed by atoms with van der Waals surface area (Å²) in [6, 6.07) is 0. The van der Waals surface area contributed by atoms with Crippen LogP contribution < -0.4 is 0 Å². The molecule has 0 atom stereocenters. The van der Waals surface area contributed by atoms with E-state index in [0.29, 0.717) is 0 Å². The van der Waals surface area contributed by atoms with E-state index in [4.69, 9.17) is 0 Å². The maximum atomic E-state index is 3.56. The van der Waals surface area contributed by atoms with Crippen molar-refractivity contribution in [1.29, 1.82) is 0 Å². The molecule has 10 heavy (non-hydrogen) atoms. The lowest BCUT2D eigenvalue weighted by molar-refractivity contribution is 1.38. The summed E-state index contributed by atoms with van der Waals surface area (Å²) in [6.07, 6.45) is 14.9. The largest absolute Gasteiger partial charge is 0.0991 e. The van der Waals surface area contributed by atoms with Gasteiger partial charge in [0.05, 0.1) is 0 Å². The SMILES string of the molecule is C=C/C=C/C=CC/C=C\C. The molecular formula is C10H14. The van der Waals surface area contributed by atoms with E-state index in [1.165, 1.54) is 0 Å². The van der Waals surface area contributed by atoms with Crippen molar-refractivity contribution >= 4 is 0 Å². The summed E-state index contributed by atoms with van der Waals surface area (Å²) in [7, 11) is 0. The fourth-order valence-electron chi connectivity index (χ4n) is 0.515. The van der Waals surface area contributed by atoms with E-state index in [2.05, 4.69) is 18.7 Å². The van der Waals surface area contributed by atoms with E-state index in [0.717, 1.165) is 6.42 Å².